The minimum atomic E-state index is -0.233. The number of fused-ring (bicyclic) bond motifs is 1. The van der Waals surface area contributed by atoms with Gasteiger partial charge in [0.2, 0.25) is 0 Å². The second kappa shape index (κ2) is 7.46. The lowest BCUT2D eigenvalue weighted by Gasteiger charge is -2.15. The summed E-state index contributed by atoms with van der Waals surface area (Å²) in [5, 5.41) is 13.8. The van der Waals surface area contributed by atoms with Gasteiger partial charge in [0.05, 0.1) is 6.20 Å². The summed E-state index contributed by atoms with van der Waals surface area (Å²) in [5.41, 5.74) is 4.27. The van der Waals surface area contributed by atoms with Crippen molar-refractivity contribution in [1.82, 2.24) is 30.6 Å². The van der Waals surface area contributed by atoms with Crippen LogP contribution >= 0.6 is 0 Å². The molecule has 2 amide bonds. The van der Waals surface area contributed by atoms with Crippen LogP contribution in [0.3, 0.4) is 0 Å². The van der Waals surface area contributed by atoms with Gasteiger partial charge in [-0.25, -0.2) is 0 Å². The van der Waals surface area contributed by atoms with E-state index in [-0.39, 0.29) is 17.5 Å². The fourth-order valence-electron chi connectivity index (χ4n) is 3.83. The lowest BCUT2D eigenvalue weighted by atomic mass is 10.1. The first-order chi connectivity index (χ1) is 13.5. The number of H-pyrrole nitrogens is 2. The number of aryl methyl sites for hydroxylation is 2. The molecule has 8 nitrogen and oxygen atoms in total. The Bertz CT molecular complexity index is 968. The SMILES string of the molecule is Cc1ccc(C)c2[nH]c(C(=O)N3CCC(CCNC(=O)c4cn[nH]n4)C3)cc12. The molecule has 0 bridgehead atoms. The van der Waals surface area contributed by atoms with E-state index in [0.717, 1.165) is 41.4 Å². The summed E-state index contributed by atoms with van der Waals surface area (Å²) in [7, 11) is 0. The van der Waals surface area contributed by atoms with E-state index in [9.17, 15) is 9.59 Å². The molecule has 4 rings (SSSR count). The number of carbonyl (C=O) groups excluding carboxylic acids is 2. The van der Waals surface area contributed by atoms with Gasteiger partial charge < -0.3 is 15.2 Å². The van der Waals surface area contributed by atoms with Crippen molar-refractivity contribution in [3.05, 3.63) is 46.9 Å². The van der Waals surface area contributed by atoms with Crippen LogP contribution in [0.25, 0.3) is 10.9 Å². The fourth-order valence-corrected chi connectivity index (χ4v) is 3.83. The zero-order chi connectivity index (χ0) is 19.7. The summed E-state index contributed by atoms with van der Waals surface area (Å²) in [6, 6.07) is 6.12. The molecule has 3 aromatic rings. The molecule has 2 aromatic heterocycles. The van der Waals surface area contributed by atoms with Crippen LogP contribution in [-0.2, 0) is 0 Å². The van der Waals surface area contributed by atoms with Gasteiger partial charge in [-0.15, -0.1) is 0 Å². The number of amides is 2. The number of aromatic amines is 2. The van der Waals surface area contributed by atoms with Crippen molar-refractivity contribution in [2.45, 2.75) is 26.7 Å². The maximum atomic E-state index is 12.9. The Kier molecular flexibility index (Phi) is 4.85. The highest BCUT2D eigenvalue weighted by Gasteiger charge is 2.28. The molecule has 3 heterocycles. The smallest absolute Gasteiger partial charge is 0.273 e. The van der Waals surface area contributed by atoms with Gasteiger partial charge >= 0.3 is 0 Å². The van der Waals surface area contributed by atoms with Crippen molar-refractivity contribution in [2.75, 3.05) is 19.6 Å². The summed E-state index contributed by atoms with van der Waals surface area (Å²) < 4.78 is 0. The molecule has 1 aliphatic heterocycles. The Morgan fingerprint density at radius 2 is 2.11 bits per heavy atom. The van der Waals surface area contributed by atoms with Crippen molar-refractivity contribution in [1.29, 1.82) is 0 Å². The van der Waals surface area contributed by atoms with Gasteiger partial charge in [0, 0.05) is 30.5 Å². The summed E-state index contributed by atoms with van der Waals surface area (Å²) in [4.78, 5) is 30.0. The number of aromatic nitrogens is 4. The van der Waals surface area contributed by atoms with Gasteiger partial charge in [-0.1, -0.05) is 12.1 Å². The minimum Gasteiger partial charge on any atom is -0.351 e. The predicted octanol–water partition coefficient (Wildman–Crippen LogP) is 2.19. The van der Waals surface area contributed by atoms with Crippen molar-refractivity contribution >= 4 is 22.7 Å². The Morgan fingerprint density at radius 3 is 2.86 bits per heavy atom. The molecular formula is C20H24N6O2. The van der Waals surface area contributed by atoms with Crippen LogP contribution in [0.15, 0.2) is 24.4 Å². The van der Waals surface area contributed by atoms with Crippen LogP contribution in [0, 0.1) is 19.8 Å². The fraction of sp³-hybridized carbons (Fsp3) is 0.400. The average Bonchev–Trinajstić information content (AvgIpc) is 3.44. The van der Waals surface area contributed by atoms with E-state index >= 15 is 0 Å². The maximum absolute atomic E-state index is 12.9. The lowest BCUT2D eigenvalue weighted by molar-refractivity contribution is 0.0780. The van der Waals surface area contributed by atoms with Crippen LogP contribution in [0.5, 0.6) is 0 Å². The average molecular weight is 380 g/mol. The standard InChI is InChI=1S/C20H24N6O2/c1-12-3-4-13(2)18-15(12)9-16(23-18)20(28)26-8-6-14(11-26)5-7-21-19(27)17-10-22-25-24-17/h3-4,9-10,14,23H,5-8,11H2,1-2H3,(H,21,27)(H,22,24,25). The molecule has 1 fully saturated rings. The maximum Gasteiger partial charge on any atom is 0.273 e. The van der Waals surface area contributed by atoms with Gasteiger partial charge in [0.15, 0.2) is 5.69 Å². The second-order valence-corrected chi connectivity index (χ2v) is 7.48. The third kappa shape index (κ3) is 3.49. The highest BCUT2D eigenvalue weighted by atomic mass is 16.2. The van der Waals surface area contributed by atoms with Gasteiger partial charge in [-0.3, -0.25) is 9.59 Å². The molecule has 1 atom stereocenters. The molecule has 0 spiro atoms. The van der Waals surface area contributed by atoms with Crippen molar-refractivity contribution in [3.63, 3.8) is 0 Å². The zero-order valence-corrected chi connectivity index (χ0v) is 16.1. The zero-order valence-electron chi connectivity index (χ0n) is 16.1. The first-order valence-corrected chi connectivity index (χ1v) is 9.55. The number of carbonyl (C=O) groups is 2. The Hall–Kier alpha value is -3.16. The predicted molar refractivity (Wildman–Crippen MR) is 105 cm³/mol. The van der Waals surface area contributed by atoms with Crippen LogP contribution in [0.4, 0.5) is 0 Å². The first kappa shape index (κ1) is 18.2. The molecule has 0 saturated carbocycles. The quantitative estimate of drug-likeness (QED) is 0.631. The van der Waals surface area contributed by atoms with E-state index < -0.39 is 0 Å². The molecule has 1 aliphatic rings. The van der Waals surface area contributed by atoms with E-state index in [2.05, 4.69) is 44.8 Å². The van der Waals surface area contributed by atoms with E-state index in [1.807, 2.05) is 17.9 Å². The van der Waals surface area contributed by atoms with E-state index in [4.69, 9.17) is 0 Å². The molecule has 0 radical (unpaired) electrons. The Morgan fingerprint density at radius 1 is 1.29 bits per heavy atom. The van der Waals surface area contributed by atoms with Crippen LogP contribution in [0.2, 0.25) is 0 Å². The van der Waals surface area contributed by atoms with Crippen molar-refractivity contribution in [2.24, 2.45) is 5.92 Å². The minimum absolute atomic E-state index is 0.0455. The Balaban J connectivity index is 1.34. The molecule has 8 heteroatoms. The van der Waals surface area contributed by atoms with Gasteiger partial charge in [0.25, 0.3) is 11.8 Å². The molecule has 146 valence electrons. The number of hydrogen-bond acceptors (Lipinski definition) is 4. The molecule has 28 heavy (non-hydrogen) atoms. The lowest BCUT2D eigenvalue weighted by Crippen LogP contribution is -2.30. The Labute approximate surface area is 162 Å². The molecule has 1 aromatic carbocycles. The highest BCUT2D eigenvalue weighted by molar-refractivity contribution is 5.99. The van der Waals surface area contributed by atoms with Gasteiger partial charge in [-0.05, 0) is 49.8 Å². The van der Waals surface area contributed by atoms with Crippen LogP contribution in [-0.4, -0.2) is 56.7 Å². The normalized spacial score (nSPS) is 16.6. The number of nitrogens with one attached hydrogen (secondary N) is 3. The number of benzene rings is 1. The number of nitrogens with zero attached hydrogens (tertiary/aromatic N) is 3. The highest BCUT2D eigenvalue weighted by Crippen LogP contribution is 2.26. The molecular weight excluding hydrogens is 356 g/mol. The van der Waals surface area contributed by atoms with Gasteiger partial charge in [-0.2, -0.15) is 15.4 Å². The monoisotopic (exact) mass is 380 g/mol. The summed E-state index contributed by atoms with van der Waals surface area (Å²) in [6.07, 6.45) is 3.18. The first-order valence-electron chi connectivity index (χ1n) is 9.55. The van der Waals surface area contributed by atoms with Crippen molar-refractivity contribution < 1.29 is 9.59 Å². The molecule has 0 aliphatic carbocycles. The third-order valence-corrected chi connectivity index (χ3v) is 5.51. The number of hydrogen-bond donors (Lipinski definition) is 3. The number of likely N-dealkylation sites (tertiary alicyclic amines) is 1. The molecule has 3 N–H and O–H groups in total. The van der Waals surface area contributed by atoms with E-state index in [1.165, 1.54) is 6.20 Å². The summed E-state index contributed by atoms with van der Waals surface area (Å²) in [6.45, 7) is 6.12. The third-order valence-electron chi connectivity index (χ3n) is 5.51. The largest absolute Gasteiger partial charge is 0.351 e. The topological polar surface area (TPSA) is 107 Å². The van der Waals surface area contributed by atoms with Gasteiger partial charge in [0.1, 0.15) is 5.69 Å². The molecule has 1 unspecified atom stereocenters. The summed E-state index contributed by atoms with van der Waals surface area (Å²) in [5.74, 6) is 0.196. The van der Waals surface area contributed by atoms with Crippen molar-refractivity contribution in [3.8, 4) is 0 Å². The second-order valence-electron chi connectivity index (χ2n) is 7.48. The van der Waals surface area contributed by atoms with E-state index in [0.29, 0.717) is 24.7 Å². The van der Waals surface area contributed by atoms with Crippen LogP contribution < -0.4 is 5.32 Å². The van der Waals surface area contributed by atoms with Crippen LogP contribution in [0.1, 0.15) is 44.9 Å². The molecule has 1 saturated heterocycles. The summed E-state index contributed by atoms with van der Waals surface area (Å²) >= 11 is 0. The number of rotatable bonds is 5. The van der Waals surface area contributed by atoms with E-state index in [1.54, 1.807) is 0 Å².